The van der Waals surface area contributed by atoms with Crippen LogP contribution in [0, 0.1) is 0 Å². The number of aromatic nitrogens is 12. The second-order valence-corrected chi connectivity index (χ2v) is 16.6. The number of carbonyl (C=O) groups is 2. The summed E-state index contributed by atoms with van der Waals surface area (Å²) < 4.78 is 12.6. The quantitative estimate of drug-likeness (QED) is 0.0442. The highest BCUT2D eigenvalue weighted by molar-refractivity contribution is 7.21. The number of aryl methyl sites for hydroxylation is 2. The van der Waals surface area contributed by atoms with Crippen molar-refractivity contribution < 1.29 is 19.4 Å². The van der Waals surface area contributed by atoms with E-state index < -0.39 is 18.4 Å². The van der Waals surface area contributed by atoms with Crippen LogP contribution in [0.3, 0.4) is 0 Å². The molecule has 0 fully saturated rings. The van der Waals surface area contributed by atoms with Gasteiger partial charge in [-0.25, -0.2) is 24.7 Å². The van der Waals surface area contributed by atoms with Crippen LogP contribution in [0.1, 0.15) is 71.6 Å². The number of nitrogens with two attached hydrogens (primary N) is 2. The number of fused-ring (bicyclic) bond motifs is 2. The summed E-state index contributed by atoms with van der Waals surface area (Å²) in [5.74, 6) is -0.334. The summed E-state index contributed by atoms with van der Waals surface area (Å²) in [5, 5.41) is 47.4. The normalized spacial score (nSPS) is 11.9. The van der Waals surface area contributed by atoms with Crippen molar-refractivity contribution in [3.8, 4) is 21.9 Å². The van der Waals surface area contributed by atoms with Gasteiger partial charge in [0.05, 0.1) is 56.9 Å². The summed E-state index contributed by atoms with van der Waals surface area (Å²) in [6.07, 6.45) is 8.26. The van der Waals surface area contributed by atoms with Crippen molar-refractivity contribution in [2.24, 2.45) is 20.5 Å². The Labute approximate surface area is 382 Å². The van der Waals surface area contributed by atoms with E-state index in [1.54, 1.807) is 6.07 Å². The van der Waals surface area contributed by atoms with Gasteiger partial charge in [0.15, 0.2) is 52.1 Å². The van der Waals surface area contributed by atoms with Crippen molar-refractivity contribution in [2.45, 2.75) is 52.4 Å². The van der Waals surface area contributed by atoms with Gasteiger partial charge in [0.25, 0.3) is 0 Å². The Bertz CT molecular complexity index is 3040. The summed E-state index contributed by atoms with van der Waals surface area (Å²) in [7, 11) is 1.27. The van der Waals surface area contributed by atoms with Crippen LogP contribution in [-0.2, 0) is 17.6 Å². The molecule has 24 heteroatoms. The zero-order chi connectivity index (χ0) is 45.9. The number of aliphatic hydroxyl groups is 1. The number of ketones is 1. The number of carbonyl (C=O) groups excluding carboxylic acids is 2. The van der Waals surface area contributed by atoms with Crippen molar-refractivity contribution >= 4 is 89.5 Å². The lowest BCUT2D eigenvalue weighted by molar-refractivity contribution is 0.0601. The number of nitrogens with zero attached hydrogens (tertiary/aromatic N) is 16. The molecule has 9 rings (SSSR count). The Morgan fingerprint density at radius 3 is 1.65 bits per heavy atom. The molecule has 5 N–H and O–H groups in total. The van der Waals surface area contributed by atoms with E-state index in [1.807, 2.05) is 55.5 Å². The first-order valence-corrected chi connectivity index (χ1v) is 22.4. The molecule has 0 spiro atoms. The van der Waals surface area contributed by atoms with Crippen molar-refractivity contribution in [3.63, 3.8) is 0 Å². The molecule has 0 saturated heterocycles. The first kappa shape index (κ1) is 43.3. The maximum atomic E-state index is 12.9. The first-order chi connectivity index (χ1) is 32.2. The fraction of sp³-hybridized carbons (Fsp3) is 0.238. The predicted octanol–water partition coefficient (Wildman–Crippen LogP) is 8.08. The molecule has 0 radical (unpaired) electrons. The van der Waals surface area contributed by atoms with Crippen molar-refractivity contribution in [1.82, 2.24) is 59.1 Å². The fourth-order valence-electron chi connectivity index (χ4n) is 6.89. The molecule has 0 amide bonds. The van der Waals surface area contributed by atoms with Crippen molar-refractivity contribution in [2.75, 3.05) is 25.2 Å². The Morgan fingerprint density at radius 1 is 0.697 bits per heavy atom. The van der Waals surface area contributed by atoms with Crippen LogP contribution in [0.5, 0.6) is 0 Å². The number of unbranched alkanes of at least 4 members (excludes halogenated alkanes) is 2. The number of esters is 1. The summed E-state index contributed by atoms with van der Waals surface area (Å²) in [6, 6.07) is 16.8. The number of anilines is 2. The molecule has 9 aromatic rings. The van der Waals surface area contributed by atoms with Gasteiger partial charge in [-0.3, -0.25) is 4.79 Å². The summed E-state index contributed by atoms with van der Waals surface area (Å²) in [6.45, 7) is 3.34. The molecular formula is C42H40N18O4S2. The van der Waals surface area contributed by atoms with Gasteiger partial charge < -0.3 is 21.3 Å². The number of rotatable bonds is 17. The third kappa shape index (κ3) is 8.18. The molecule has 0 aliphatic carbocycles. The van der Waals surface area contributed by atoms with Crippen LogP contribution in [0.25, 0.3) is 42.3 Å². The van der Waals surface area contributed by atoms with E-state index in [0.717, 1.165) is 46.1 Å². The van der Waals surface area contributed by atoms with Crippen LogP contribution in [0.4, 0.5) is 34.6 Å². The number of Topliss-reactive ketones (excluding diaryl/α,β-unsaturated/α-hetero) is 1. The largest absolute Gasteiger partial charge is 0.465 e. The highest BCUT2D eigenvalue weighted by Gasteiger charge is 2.26. The standard InChI is InChI=1S/C42H40N18O4S2/c1-4-6-12-27-34(51-53-38-23(29(62)21-61)19-47-59(38)41-49-25-14-8-10-16-30(25)65-41)36(43)57(55-27)32-18-33(46-22-45-32)58-37(44)35(28(56-58)13-7-5-2)52-54-39-24(40(63)64-3)20-48-60(39)42-50-26-15-9-11-17-31(26)66-42/h8-11,14-20,22,61H,4-7,12-13,21,43-44H2,1-3H3/b53-51+,54-52+. The van der Waals surface area contributed by atoms with Crippen LogP contribution in [0.2, 0.25) is 0 Å². The van der Waals surface area contributed by atoms with E-state index in [1.165, 1.54) is 67.2 Å². The van der Waals surface area contributed by atoms with Gasteiger partial charge in [0.2, 0.25) is 10.3 Å². The maximum absolute atomic E-state index is 12.9. The molecule has 334 valence electrons. The second kappa shape index (κ2) is 18.6. The Kier molecular flexibility index (Phi) is 12.2. The number of nitrogen functional groups attached to an aromatic ring is 2. The Hall–Kier alpha value is -7.96. The molecule has 2 aromatic carbocycles. The van der Waals surface area contributed by atoms with Crippen LogP contribution >= 0.6 is 22.7 Å². The van der Waals surface area contributed by atoms with Gasteiger partial charge in [-0.1, -0.05) is 73.6 Å². The summed E-state index contributed by atoms with van der Waals surface area (Å²) >= 11 is 2.73. The number of benzene rings is 2. The molecular weight excluding hydrogens is 885 g/mol. The lowest BCUT2D eigenvalue weighted by Gasteiger charge is -2.06. The summed E-state index contributed by atoms with van der Waals surface area (Å²) in [4.78, 5) is 44.1. The zero-order valence-corrected chi connectivity index (χ0v) is 37.3. The van der Waals surface area contributed by atoms with E-state index in [0.29, 0.717) is 34.5 Å². The minimum absolute atomic E-state index is 0.0544. The van der Waals surface area contributed by atoms with Gasteiger partial charge in [-0.15, -0.1) is 20.5 Å². The molecule has 22 nitrogen and oxygen atoms in total. The molecule has 0 atom stereocenters. The Balaban J connectivity index is 1.09. The number of thiazole rings is 2. The van der Waals surface area contributed by atoms with E-state index in [4.69, 9.17) is 31.4 Å². The first-order valence-electron chi connectivity index (χ1n) is 20.7. The average molecular weight is 925 g/mol. The molecule has 7 heterocycles. The third-order valence-electron chi connectivity index (χ3n) is 10.3. The van der Waals surface area contributed by atoms with Crippen LogP contribution in [-0.4, -0.2) is 89.6 Å². The van der Waals surface area contributed by atoms with Crippen molar-refractivity contribution in [1.29, 1.82) is 0 Å². The van der Waals surface area contributed by atoms with E-state index >= 15 is 0 Å². The monoisotopic (exact) mass is 924 g/mol. The maximum Gasteiger partial charge on any atom is 0.343 e. The number of para-hydroxylation sites is 2. The van der Waals surface area contributed by atoms with E-state index in [-0.39, 0.29) is 57.4 Å². The Morgan fingerprint density at radius 2 is 1.18 bits per heavy atom. The third-order valence-corrected chi connectivity index (χ3v) is 12.3. The van der Waals surface area contributed by atoms with Crippen molar-refractivity contribution in [3.05, 3.63) is 95.8 Å². The minimum Gasteiger partial charge on any atom is -0.465 e. The van der Waals surface area contributed by atoms with Gasteiger partial charge in [-0.2, -0.15) is 39.1 Å². The predicted molar refractivity (Wildman–Crippen MR) is 247 cm³/mol. The molecule has 0 aliphatic rings. The molecule has 0 saturated carbocycles. The number of methoxy groups -OCH3 is 1. The smallest absolute Gasteiger partial charge is 0.343 e. The number of aliphatic hydroxyl groups excluding tert-OH is 1. The number of ether oxygens (including phenoxy) is 1. The fourth-order valence-corrected chi connectivity index (χ4v) is 8.74. The van der Waals surface area contributed by atoms with Gasteiger partial charge in [0.1, 0.15) is 18.5 Å². The lowest BCUT2D eigenvalue weighted by Crippen LogP contribution is -2.09. The highest BCUT2D eigenvalue weighted by atomic mass is 32.1. The second-order valence-electron chi connectivity index (χ2n) is 14.6. The summed E-state index contributed by atoms with van der Waals surface area (Å²) in [5.41, 5.74) is 16.8. The topological polar surface area (TPSA) is 288 Å². The molecule has 0 unspecified atom stereocenters. The average Bonchev–Trinajstić information content (AvgIpc) is 4.21. The van der Waals surface area contributed by atoms with Crippen LogP contribution in [0.15, 0.2) is 93.8 Å². The molecule has 0 bridgehead atoms. The number of hydrogen-bond donors (Lipinski definition) is 3. The van der Waals surface area contributed by atoms with Crippen LogP contribution < -0.4 is 11.5 Å². The van der Waals surface area contributed by atoms with Gasteiger partial charge in [-0.05, 0) is 49.9 Å². The minimum atomic E-state index is -0.760. The molecule has 7 aromatic heterocycles. The molecule has 0 aliphatic heterocycles. The van der Waals surface area contributed by atoms with E-state index in [9.17, 15) is 14.7 Å². The number of azo groups is 2. The molecule has 66 heavy (non-hydrogen) atoms. The zero-order valence-electron chi connectivity index (χ0n) is 35.7. The van der Waals surface area contributed by atoms with Gasteiger partial charge >= 0.3 is 5.97 Å². The van der Waals surface area contributed by atoms with E-state index in [2.05, 4.69) is 52.5 Å². The number of hydrogen-bond acceptors (Lipinski definition) is 20. The van der Waals surface area contributed by atoms with Gasteiger partial charge in [0, 0.05) is 6.07 Å². The lowest BCUT2D eigenvalue weighted by atomic mass is 10.2. The highest BCUT2D eigenvalue weighted by Crippen LogP contribution is 2.37. The SMILES string of the molecule is CCCCc1nn(-c2cc(-n3nc(CCCC)c(/N=N/c4c(C(=O)OC)cnn4-c4nc5ccccc5s4)c3N)ncn2)c(N)c1/N=N/c1c(C(=O)CO)cnn1-c1nc2ccccc2s1.